The number of aromatic nitrogens is 4. The molecular weight excluding hydrogens is 306 g/mol. The van der Waals surface area contributed by atoms with E-state index in [-0.39, 0.29) is 24.2 Å². The standard InChI is InChI=1S/C17H17N5O2/c23-16(11-22-17(24)21-9-2-1-6-15(21)20-22)19-14-5-3-4-12-10-18-8-7-13(12)14/h1-2,6-10,14H,3-5,11H2,(H,19,23). The Morgan fingerprint density at radius 3 is 3.12 bits per heavy atom. The minimum atomic E-state index is -0.311. The Labute approximate surface area is 138 Å². The topological polar surface area (TPSA) is 81.3 Å². The summed E-state index contributed by atoms with van der Waals surface area (Å²) in [7, 11) is 0. The third kappa shape index (κ3) is 2.58. The van der Waals surface area contributed by atoms with Crippen molar-refractivity contribution in [2.45, 2.75) is 31.8 Å². The fourth-order valence-electron chi connectivity index (χ4n) is 3.24. The van der Waals surface area contributed by atoms with E-state index in [0.29, 0.717) is 5.65 Å². The van der Waals surface area contributed by atoms with Crippen LogP contribution in [0.15, 0.2) is 47.7 Å². The van der Waals surface area contributed by atoms with Crippen LogP contribution in [0.2, 0.25) is 0 Å². The largest absolute Gasteiger partial charge is 0.350 e. The molecule has 7 nitrogen and oxygen atoms in total. The van der Waals surface area contributed by atoms with E-state index in [1.54, 1.807) is 30.6 Å². The predicted octanol–water partition coefficient (Wildman–Crippen LogP) is 1.08. The molecule has 0 bridgehead atoms. The summed E-state index contributed by atoms with van der Waals surface area (Å²) in [4.78, 5) is 28.8. The SMILES string of the molecule is O=C(Cn1nc2ccccn2c1=O)NC1CCCc2cnccc21. The van der Waals surface area contributed by atoms with Crippen molar-refractivity contribution in [2.24, 2.45) is 0 Å². The van der Waals surface area contributed by atoms with Gasteiger partial charge in [0, 0.05) is 18.6 Å². The van der Waals surface area contributed by atoms with Crippen molar-refractivity contribution in [2.75, 3.05) is 0 Å². The minimum Gasteiger partial charge on any atom is -0.348 e. The normalized spacial score (nSPS) is 16.8. The van der Waals surface area contributed by atoms with Gasteiger partial charge in [-0.1, -0.05) is 6.07 Å². The number of rotatable bonds is 3. The zero-order valence-corrected chi connectivity index (χ0v) is 13.1. The van der Waals surface area contributed by atoms with Gasteiger partial charge in [0.25, 0.3) is 0 Å². The van der Waals surface area contributed by atoms with Crippen molar-refractivity contribution < 1.29 is 4.79 Å². The number of nitrogens with one attached hydrogen (secondary N) is 1. The van der Waals surface area contributed by atoms with Crippen LogP contribution in [0.3, 0.4) is 0 Å². The average molecular weight is 323 g/mol. The maximum atomic E-state index is 12.4. The van der Waals surface area contributed by atoms with Gasteiger partial charge in [-0.15, -0.1) is 5.10 Å². The van der Waals surface area contributed by atoms with E-state index in [0.717, 1.165) is 24.8 Å². The van der Waals surface area contributed by atoms with Crippen molar-refractivity contribution in [3.05, 3.63) is 64.5 Å². The molecular formula is C17H17N5O2. The lowest BCUT2D eigenvalue weighted by Crippen LogP contribution is -2.36. The Morgan fingerprint density at radius 1 is 1.33 bits per heavy atom. The predicted molar refractivity (Wildman–Crippen MR) is 87.5 cm³/mol. The molecule has 0 saturated heterocycles. The van der Waals surface area contributed by atoms with Crippen LogP contribution in [0.5, 0.6) is 0 Å². The van der Waals surface area contributed by atoms with Gasteiger partial charge in [0.2, 0.25) is 5.91 Å². The van der Waals surface area contributed by atoms with E-state index in [1.807, 2.05) is 12.3 Å². The summed E-state index contributed by atoms with van der Waals surface area (Å²) in [6, 6.07) is 7.22. The van der Waals surface area contributed by atoms with Crippen LogP contribution in [0, 0.1) is 0 Å². The van der Waals surface area contributed by atoms with E-state index < -0.39 is 0 Å². The van der Waals surface area contributed by atoms with Crippen LogP contribution in [0.25, 0.3) is 5.65 Å². The minimum absolute atomic E-state index is 0.0306. The van der Waals surface area contributed by atoms with Crippen LogP contribution < -0.4 is 11.0 Å². The molecule has 1 aliphatic rings. The van der Waals surface area contributed by atoms with Gasteiger partial charge in [-0.2, -0.15) is 0 Å². The molecule has 3 aromatic rings. The molecule has 0 aliphatic heterocycles. The molecule has 3 heterocycles. The van der Waals surface area contributed by atoms with Gasteiger partial charge in [0.1, 0.15) is 6.54 Å². The highest BCUT2D eigenvalue weighted by molar-refractivity contribution is 5.76. The summed E-state index contributed by atoms with van der Waals surface area (Å²) in [5.41, 5.74) is 2.52. The fraction of sp³-hybridized carbons (Fsp3) is 0.294. The first kappa shape index (κ1) is 14.6. The second kappa shape index (κ2) is 5.92. The first-order chi connectivity index (χ1) is 11.7. The van der Waals surface area contributed by atoms with Gasteiger partial charge in [-0.25, -0.2) is 9.48 Å². The average Bonchev–Trinajstić information content (AvgIpc) is 2.91. The highest BCUT2D eigenvalue weighted by Gasteiger charge is 2.22. The quantitative estimate of drug-likeness (QED) is 0.782. The molecule has 0 aromatic carbocycles. The molecule has 0 spiro atoms. The van der Waals surface area contributed by atoms with E-state index in [9.17, 15) is 9.59 Å². The van der Waals surface area contributed by atoms with Crippen LogP contribution in [0.1, 0.15) is 30.0 Å². The Morgan fingerprint density at radius 2 is 2.25 bits per heavy atom. The smallest absolute Gasteiger partial charge is 0.348 e. The van der Waals surface area contributed by atoms with Crippen LogP contribution >= 0.6 is 0 Å². The number of nitrogens with zero attached hydrogens (tertiary/aromatic N) is 4. The van der Waals surface area contributed by atoms with Crippen LogP contribution in [-0.4, -0.2) is 25.1 Å². The lowest BCUT2D eigenvalue weighted by Gasteiger charge is -2.25. The van der Waals surface area contributed by atoms with Crippen molar-refractivity contribution in [3.8, 4) is 0 Å². The molecule has 24 heavy (non-hydrogen) atoms. The number of carbonyl (C=O) groups excluding carboxylic acids is 1. The summed E-state index contributed by atoms with van der Waals surface area (Å²) in [5, 5.41) is 7.21. The van der Waals surface area contributed by atoms with Gasteiger partial charge in [0.15, 0.2) is 5.65 Å². The molecule has 4 rings (SSSR count). The lowest BCUT2D eigenvalue weighted by molar-refractivity contribution is -0.122. The number of fused-ring (bicyclic) bond motifs is 2. The molecule has 0 saturated carbocycles. The Hall–Kier alpha value is -2.96. The molecule has 0 radical (unpaired) electrons. The highest BCUT2D eigenvalue weighted by atomic mass is 16.2. The zero-order valence-electron chi connectivity index (χ0n) is 13.1. The summed E-state index contributed by atoms with van der Waals surface area (Å²) >= 11 is 0. The van der Waals surface area contributed by atoms with Crippen LogP contribution in [0.4, 0.5) is 0 Å². The van der Waals surface area contributed by atoms with Crippen molar-refractivity contribution >= 4 is 11.6 Å². The number of aryl methyl sites for hydroxylation is 1. The number of hydrogen-bond acceptors (Lipinski definition) is 4. The molecule has 0 fully saturated rings. The Kier molecular flexibility index (Phi) is 3.60. The molecule has 1 aliphatic carbocycles. The summed E-state index contributed by atoms with van der Waals surface area (Å²) in [6.45, 7) is -0.0859. The Bertz CT molecular complexity index is 959. The summed E-state index contributed by atoms with van der Waals surface area (Å²) < 4.78 is 2.62. The second-order valence-corrected chi connectivity index (χ2v) is 5.96. The van der Waals surface area contributed by atoms with Crippen molar-refractivity contribution in [1.29, 1.82) is 0 Å². The van der Waals surface area contributed by atoms with E-state index in [4.69, 9.17) is 0 Å². The number of carbonyl (C=O) groups is 1. The lowest BCUT2D eigenvalue weighted by atomic mass is 9.89. The number of hydrogen-bond donors (Lipinski definition) is 1. The van der Waals surface area contributed by atoms with Gasteiger partial charge in [-0.05, 0) is 48.6 Å². The molecule has 1 N–H and O–H groups in total. The molecule has 1 unspecified atom stereocenters. The van der Waals surface area contributed by atoms with Gasteiger partial charge < -0.3 is 5.32 Å². The molecule has 3 aromatic heterocycles. The Balaban J connectivity index is 1.53. The van der Waals surface area contributed by atoms with Gasteiger partial charge in [-0.3, -0.25) is 14.2 Å². The second-order valence-electron chi connectivity index (χ2n) is 5.96. The van der Waals surface area contributed by atoms with Gasteiger partial charge in [0.05, 0.1) is 6.04 Å². The van der Waals surface area contributed by atoms with Gasteiger partial charge >= 0.3 is 5.69 Å². The first-order valence-electron chi connectivity index (χ1n) is 7.99. The molecule has 122 valence electrons. The van der Waals surface area contributed by atoms with Crippen LogP contribution in [-0.2, 0) is 17.8 Å². The number of amides is 1. The zero-order chi connectivity index (χ0) is 16.5. The number of pyridine rings is 2. The van der Waals surface area contributed by atoms with Crippen molar-refractivity contribution in [3.63, 3.8) is 0 Å². The monoisotopic (exact) mass is 323 g/mol. The molecule has 7 heteroatoms. The molecule has 1 amide bonds. The third-order valence-electron chi connectivity index (χ3n) is 4.37. The maximum Gasteiger partial charge on any atom is 0.350 e. The summed E-state index contributed by atoms with van der Waals surface area (Å²) in [6.07, 6.45) is 8.14. The first-order valence-corrected chi connectivity index (χ1v) is 7.99. The third-order valence-corrected chi connectivity index (χ3v) is 4.37. The maximum absolute atomic E-state index is 12.4. The highest BCUT2D eigenvalue weighted by Crippen LogP contribution is 2.28. The molecule has 1 atom stereocenters. The van der Waals surface area contributed by atoms with E-state index in [2.05, 4.69) is 15.4 Å². The van der Waals surface area contributed by atoms with Crippen molar-refractivity contribution in [1.82, 2.24) is 24.5 Å². The van der Waals surface area contributed by atoms with E-state index >= 15 is 0 Å². The fourth-order valence-corrected chi connectivity index (χ4v) is 3.24. The summed E-state index contributed by atoms with van der Waals surface area (Å²) in [5.74, 6) is -0.213. The van der Waals surface area contributed by atoms with E-state index in [1.165, 1.54) is 14.6 Å².